The highest BCUT2D eigenvalue weighted by atomic mass is 16.1. The summed E-state index contributed by atoms with van der Waals surface area (Å²) in [4.78, 5) is 17.1. The van der Waals surface area contributed by atoms with Gasteiger partial charge in [-0.05, 0) is 30.9 Å². The maximum Gasteiger partial charge on any atom is 0.217 e. The summed E-state index contributed by atoms with van der Waals surface area (Å²) in [6, 6.07) is 5.86. The molecule has 0 spiro atoms. The van der Waals surface area contributed by atoms with Crippen LogP contribution in [0, 0.1) is 17.2 Å². The number of hydrogen-bond donors (Lipinski definition) is 1. The minimum absolute atomic E-state index is 0.229. The van der Waals surface area contributed by atoms with Crippen LogP contribution in [0.2, 0.25) is 0 Å². The predicted molar refractivity (Wildman–Crippen MR) is 67.7 cm³/mol. The molecule has 1 saturated heterocycles. The van der Waals surface area contributed by atoms with E-state index in [1.807, 2.05) is 12.1 Å². The quantitative estimate of drug-likeness (QED) is 0.861. The number of nitrogens with zero attached hydrogens (tertiary/aromatic N) is 3. The number of aromatic nitrogens is 1. The summed E-state index contributed by atoms with van der Waals surface area (Å²) in [5.41, 5.74) is 6.56. The molecule has 5 heteroatoms. The van der Waals surface area contributed by atoms with Crippen LogP contribution in [-0.2, 0) is 4.79 Å². The monoisotopic (exact) mass is 244 g/mol. The van der Waals surface area contributed by atoms with Gasteiger partial charge >= 0.3 is 0 Å². The fourth-order valence-electron chi connectivity index (χ4n) is 2.40. The van der Waals surface area contributed by atoms with E-state index in [1.165, 1.54) is 0 Å². The molecule has 1 aliphatic rings. The second kappa shape index (κ2) is 5.50. The molecule has 1 aromatic heterocycles. The summed E-state index contributed by atoms with van der Waals surface area (Å²) in [7, 11) is 0. The van der Waals surface area contributed by atoms with Crippen molar-refractivity contribution in [1.82, 2.24) is 4.98 Å². The van der Waals surface area contributed by atoms with Crippen molar-refractivity contribution in [3.63, 3.8) is 0 Å². The summed E-state index contributed by atoms with van der Waals surface area (Å²) in [6.45, 7) is 1.69. The molecule has 0 saturated carbocycles. The highest BCUT2D eigenvalue weighted by molar-refractivity contribution is 5.74. The SMILES string of the molecule is N#Cc1ncccc1N1CCC(CC(N)=O)CC1. The molecule has 18 heavy (non-hydrogen) atoms. The van der Waals surface area contributed by atoms with Crippen molar-refractivity contribution < 1.29 is 4.79 Å². The first-order valence-electron chi connectivity index (χ1n) is 6.09. The molecule has 94 valence electrons. The number of carbonyl (C=O) groups excluding carboxylic acids is 1. The van der Waals surface area contributed by atoms with Crippen LogP contribution < -0.4 is 10.6 Å². The summed E-state index contributed by atoms with van der Waals surface area (Å²) in [5.74, 6) is 0.147. The number of primary amides is 1. The van der Waals surface area contributed by atoms with Crippen LogP contribution in [-0.4, -0.2) is 24.0 Å². The van der Waals surface area contributed by atoms with Gasteiger partial charge in [0.05, 0.1) is 5.69 Å². The summed E-state index contributed by atoms with van der Waals surface area (Å²) < 4.78 is 0. The Morgan fingerprint density at radius 3 is 2.89 bits per heavy atom. The van der Waals surface area contributed by atoms with Gasteiger partial charge in [0.25, 0.3) is 0 Å². The molecule has 2 rings (SSSR count). The van der Waals surface area contributed by atoms with Crippen molar-refractivity contribution in [2.24, 2.45) is 11.7 Å². The molecule has 2 N–H and O–H groups in total. The Labute approximate surface area is 106 Å². The van der Waals surface area contributed by atoms with Crippen LogP contribution in [0.4, 0.5) is 5.69 Å². The van der Waals surface area contributed by atoms with Crippen LogP contribution in [0.25, 0.3) is 0 Å². The zero-order chi connectivity index (χ0) is 13.0. The molecular formula is C13H16N4O. The van der Waals surface area contributed by atoms with Crippen molar-refractivity contribution in [3.05, 3.63) is 24.0 Å². The van der Waals surface area contributed by atoms with Gasteiger partial charge in [-0.2, -0.15) is 5.26 Å². The molecular weight excluding hydrogens is 228 g/mol. The number of rotatable bonds is 3. The summed E-state index contributed by atoms with van der Waals surface area (Å²) in [6.07, 6.45) is 3.96. The van der Waals surface area contributed by atoms with Gasteiger partial charge < -0.3 is 10.6 Å². The number of nitriles is 1. The van der Waals surface area contributed by atoms with Crippen molar-refractivity contribution in [3.8, 4) is 6.07 Å². The number of pyridine rings is 1. The largest absolute Gasteiger partial charge is 0.370 e. The molecule has 1 aliphatic heterocycles. The highest BCUT2D eigenvalue weighted by Crippen LogP contribution is 2.26. The third-order valence-electron chi connectivity index (χ3n) is 3.34. The van der Waals surface area contributed by atoms with Gasteiger partial charge in [-0.1, -0.05) is 0 Å². The third kappa shape index (κ3) is 2.77. The highest BCUT2D eigenvalue weighted by Gasteiger charge is 2.22. The van der Waals surface area contributed by atoms with Crippen LogP contribution in [0.3, 0.4) is 0 Å². The Kier molecular flexibility index (Phi) is 3.78. The number of carbonyl (C=O) groups is 1. The number of nitrogens with two attached hydrogens (primary N) is 1. The predicted octanol–water partition coefficient (Wildman–Crippen LogP) is 1.05. The van der Waals surface area contributed by atoms with E-state index in [0.717, 1.165) is 31.6 Å². The van der Waals surface area contributed by atoms with E-state index in [0.29, 0.717) is 18.0 Å². The first-order valence-corrected chi connectivity index (χ1v) is 6.09. The lowest BCUT2D eigenvalue weighted by Crippen LogP contribution is -2.35. The van der Waals surface area contributed by atoms with E-state index in [4.69, 9.17) is 11.0 Å². The van der Waals surface area contributed by atoms with E-state index < -0.39 is 0 Å². The normalized spacial score (nSPS) is 16.3. The Hall–Kier alpha value is -2.09. The third-order valence-corrected chi connectivity index (χ3v) is 3.34. The zero-order valence-corrected chi connectivity index (χ0v) is 10.2. The first-order chi connectivity index (χ1) is 8.70. The molecule has 0 aromatic carbocycles. The van der Waals surface area contributed by atoms with Gasteiger partial charge in [-0.15, -0.1) is 0 Å². The van der Waals surface area contributed by atoms with Crippen LogP contribution in [0.15, 0.2) is 18.3 Å². The molecule has 0 atom stereocenters. The second-order valence-corrected chi connectivity index (χ2v) is 4.58. The second-order valence-electron chi connectivity index (χ2n) is 4.58. The van der Waals surface area contributed by atoms with Crippen molar-refractivity contribution in [1.29, 1.82) is 5.26 Å². The van der Waals surface area contributed by atoms with Gasteiger partial charge in [0.2, 0.25) is 5.91 Å². The van der Waals surface area contributed by atoms with Gasteiger partial charge in [-0.25, -0.2) is 4.98 Å². The Balaban J connectivity index is 2.01. The van der Waals surface area contributed by atoms with E-state index in [9.17, 15) is 4.79 Å². The van der Waals surface area contributed by atoms with Gasteiger partial charge in [-0.3, -0.25) is 4.79 Å². The molecule has 5 nitrogen and oxygen atoms in total. The van der Waals surface area contributed by atoms with E-state index in [2.05, 4.69) is 16.0 Å². The lowest BCUT2D eigenvalue weighted by atomic mass is 9.93. The van der Waals surface area contributed by atoms with Crippen molar-refractivity contribution >= 4 is 11.6 Å². The van der Waals surface area contributed by atoms with E-state index >= 15 is 0 Å². The van der Waals surface area contributed by atoms with E-state index in [-0.39, 0.29) is 5.91 Å². The molecule has 0 radical (unpaired) electrons. The number of hydrogen-bond acceptors (Lipinski definition) is 4. The molecule has 2 heterocycles. The maximum absolute atomic E-state index is 10.9. The van der Waals surface area contributed by atoms with Gasteiger partial charge in [0.15, 0.2) is 5.69 Å². The minimum Gasteiger partial charge on any atom is -0.370 e. The lowest BCUT2D eigenvalue weighted by molar-refractivity contribution is -0.119. The summed E-state index contributed by atoms with van der Waals surface area (Å²) in [5, 5.41) is 9.02. The standard InChI is InChI=1S/C13H16N4O/c14-9-11-12(2-1-5-16-11)17-6-3-10(4-7-17)8-13(15)18/h1-2,5,10H,3-4,6-8H2,(H2,15,18). The van der Waals surface area contributed by atoms with Crippen LogP contribution >= 0.6 is 0 Å². The van der Waals surface area contributed by atoms with Crippen molar-refractivity contribution in [2.45, 2.75) is 19.3 Å². The molecule has 0 bridgehead atoms. The molecule has 0 aliphatic carbocycles. The average Bonchev–Trinajstić information content (AvgIpc) is 2.39. The Morgan fingerprint density at radius 1 is 1.56 bits per heavy atom. The zero-order valence-electron chi connectivity index (χ0n) is 10.2. The smallest absolute Gasteiger partial charge is 0.217 e. The Bertz CT molecular complexity index is 472. The average molecular weight is 244 g/mol. The number of anilines is 1. The maximum atomic E-state index is 10.9. The fraction of sp³-hybridized carbons (Fsp3) is 0.462. The molecule has 1 aromatic rings. The van der Waals surface area contributed by atoms with Crippen molar-refractivity contribution in [2.75, 3.05) is 18.0 Å². The lowest BCUT2D eigenvalue weighted by Gasteiger charge is -2.33. The van der Waals surface area contributed by atoms with Gasteiger partial charge in [0, 0.05) is 25.7 Å². The first kappa shape index (κ1) is 12.4. The van der Waals surface area contributed by atoms with Gasteiger partial charge in [0.1, 0.15) is 6.07 Å². The number of piperidine rings is 1. The van der Waals surface area contributed by atoms with E-state index in [1.54, 1.807) is 6.20 Å². The molecule has 0 unspecified atom stereocenters. The summed E-state index contributed by atoms with van der Waals surface area (Å²) >= 11 is 0. The minimum atomic E-state index is -0.229. The Morgan fingerprint density at radius 2 is 2.28 bits per heavy atom. The van der Waals surface area contributed by atoms with Crippen LogP contribution in [0.5, 0.6) is 0 Å². The van der Waals surface area contributed by atoms with Crippen LogP contribution in [0.1, 0.15) is 25.0 Å². The number of amides is 1. The topological polar surface area (TPSA) is 83.0 Å². The molecule has 1 fully saturated rings. The fourth-order valence-corrected chi connectivity index (χ4v) is 2.40. The molecule has 1 amide bonds.